The predicted octanol–water partition coefficient (Wildman–Crippen LogP) is 1.49. The molecule has 2 heterocycles. The van der Waals surface area contributed by atoms with Crippen molar-refractivity contribution >= 4 is 11.5 Å². The van der Waals surface area contributed by atoms with Crippen molar-refractivity contribution in [2.24, 2.45) is 5.73 Å². The molecule has 2 aromatic heterocycles. The molecule has 4 nitrogen and oxygen atoms in total. The topological polar surface area (TPSA) is 64.9 Å². The zero-order valence-corrected chi connectivity index (χ0v) is 7.91. The summed E-state index contributed by atoms with van der Waals surface area (Å²) in [6.45, 7) is 1.89. The number of hydrogen-bond donors (Lipinski definition) is 1. The molecule has 2 aromatic rings. The van der Waals surface area contributed by atoms with Gasteiger partial charge < -0.3 is 10.2 Å². The van der Waals surface area contributed by atoms with Gasteiger partial charge in [0, 0.05) is 0 Å². The number of aromatic nitrogens is 2. The van der Waals surface area contributed by atoms with Crippen molar-refractivity contribution in [2.75, 3.05) is 0 Å². The quantitative estimate of drug-likeness (QED) is 0.788. The summed E-state index contributed by atoms with van der Waals surface area (Å²) in [6.07, 6.45) is 1.61. The van der Waals surface area contributed by atoms with Crippen molar-refractivity contribution in [1.82, 2.24) is 9.59 Å². The van der Waals surface area contributed by atoms with E-state index in [4.69, 9.17) is 10.2 Å². The van der Waals surface area contributed by atoms with E-state index in [9.17, 15) is 0 Å². The molecule has 0 aliphatic carbocycles. The molecule has 0 saturated heterocycles. The Morgan fingerprint density at radius 1 is 1.62 bits per heavy atom. The highest BCUT2D eigenvalue weighted by Crippen LogP contribution is 2.24. The summed E-state index contributed by atoms with van der Waals surface area (Å²) in [5.74, 6) is 0.745. The smallest absolute Gasteiger partial charge is 0.125 e. The lowest BCUT2D eigenvalue weighted by atomic mass is 10.2. The molecule has 5 heteroatoms. The largest absolute Gasteiger partial charge is 0.467 e. The van der Waals surface area contributed by atoms with Crippen LogP contribution in [0, 0.1) is 6.92 Å². The van der Waals surface area contributed by atoms with Crippen molar-refractivity contribution in [3.63, 3.8) is 0 Å². The zero-order chi connectivity index (χ0) is 9.26. The van der Waals surface area contributed by atoms with E-state index in [2.05, 4.69) is 9.59 Å². The molecule has 0 aliphatic heterocycles. The molecular formula is C8H9N3OS. The standard InChI is InChI=1S/C8H9N3OS/c1-5-8(13-11-10-5)7(9)6-3-2-4-12-6/h2-4,7H,9H2,1H3. The van der Waals surface area contributed by atoms with Crippen molar-refractivity contribution in [3.8, 4) is 0 Å². The Morgan fingerprint density at radius 3 is 3.00 bits per heavy atom. The van der Waals surface area contributed by atoms with E-state index in [-0.39, 0.29) is 6.04 Å². The predicted molar refractivity (Wildman–Crippen MR) is 49.4 cm³/mol. The van der Waals surface area contributed by atoms with Crippen molar-refractivity contribution in [3.05, 3.63) is 34.7 Å². The molecule has 0 fully saturated rings. The molecule has 0 aromatic carbocycles. The summed E-state index contributed by atoms with van der Waals surface area (Å²) in [7, 11) is 0. The van der Waals surface area contributed by atoms with Crippen LogP contribution in [0.2, 0.25) is 0 Å². The molecule has 1 atom stereocenters. The molecular weight excluding hydrogens is 186 g/mol. The minimum Gasteiger partial charge on any atom is -0.467 e. The molecule has 0 bridgehead atoms. The number of nitrogens with zero attached hydrogens (tertiary/aromatic N) is 2. The molecule has 2 rings (SSSR count). The van der Waals surface area contributed by atoms with Gasteiger partial charge in [0.25, 0.3) is 0 Å². The van der Waals surface area contributed by atoms with E-state index in [0.29, 0.717) is 0 Å². The summed E-state index contributed by atoms with van der Waals surface area (Å²) in [5, 5.41) is 3.89. The van der Waals surface area contributed by atoms with E-state index in [1.165, 1.54) is 11.5 Å². The van der Waals surface area contributed by atoms with Crippen LogP contribution in [0.4, 0.5) is 0 Å². The van der Waals surface area contributed by atoms with Gasteiger partial charge in [0.1, 0.15) is 11.8 Å². The Bertz CT molecular complexity index is 382. The van der Waals surface area contributed by atoms with Gasteiger partial charge in [-0.1, -0.05) is 4.49 Å². The highest BCUT2D eigenvalue weighted by atomic mass is 32.1. The average molecular weight is 195 g/mol. The molecule has 0 spiro atoms. The van der Waals surface area contributed by atoms with E-state index in [1.807, 2.05) is 19.1 Å². The normalized spacial score (nSPS) is 13.1. The van der Waals surface area contributed by atoms with E-state index < -0.39 is 0 Å². The second-order valence-electron chi connectivity index (χ2n) is 2.72. The SMILES string of the molecule is Cc1nnsc1C(N)c1ccco1. The Morgan fingerprint density at radius 2 is 2.46 bits per heavy atom. The highest BCUT2D eigenvalue weighted by Gasteiger charge is 2.16. The van der Waals surface area contributed by atoms with Crippen LogP contribution in [0.1, 0.15) is 22.4 Å². The highest BCUT2D eigenvalue weighted by molar-refractivity contribution is 7.05. The minimum absolute atomic E-state index is 0.241. The zero-order valence-electron chi connectivity index (χ0n) is 7.10. The van der Waals surface area contributed by atoms with Crippen LogP contribution in [-0.2, 0) is 0 Å². The van der Waals surface area contributed by atoms with Crippen LogP contribution in [0.3, 0.4) is 0 Å². The maximum absolute atomic E-state index is 5.94. The minimum atomic E-state index is -0.241. The van der Waals surface area contributed by atoms with Crippen LogP contribution in [0.15, 0.2) is 22.8 Å². The lowest BCUT2D eigenvalue weighted by Crippen LogP contribution is -2.10. The van der Waals surface area contributed by atoms with Crippen LogP contribution >= 0.6 is 11.5 Å². The van der Waals surface area contributed by atoms with Gasteiger partial charge in [0.2, 0.25) is 0 Å². The van der Waals surface area contributed by atoms with Gasteiger partial charge in [-0.3, -0.25) is 0 Å². The second-order valence-corrected chi connectivity index (χ2v) is 3.50. The molecule has 0 saturated carbocycles. The summed E-state index contributed by atoms with van der Waals surface area (Å²) in [5.41, 5.74) is 6.81. The fraction of sp³-hybridized carbons (Fsp3) is 0.250. The third kappa shape index (κ3) is 1.48. The Kier molecular flexibility index (Phi) is 2.12. The number of rotatable bonds is 2. The van der Waals surface area contributed by atoms with Crippen molar-refractivity contribution in [2.45, 2.75) is 13.0 Å². The first-order valence-corrected chi connectivity index (χ1v) is 4.64. The number of furan rings is 1. The van der Waals surface area contributed by atoms with E-state index in [0.717, 1.165) is 16.3 Å². The van der Waals surface area contributed by atoms with Gasteiger partial charge in [-0.05, 0) is 30.6 Å². The molecule has 0 radical (unpaired) electrons. The first-order valence-electron chi connectivity index (χ1n) is 3.87. The molecule has 1 unspecified atom stereocenters. The first kappa shape index (κ1) is 8.40. The third-order valence-electron chi connectivity index (χ3n) is 1.82. The molecule has 0 aliphatic rings. The van der Waals surface area contributed by atoms with Gasteiger partial charge in [0.15, 0.2) is 0 Å². The van der Waals surface area contributed by atoms with Crippen LogP contribution < -0.4 is 5.73 Å². The maximum Gasteiger partial charge on any atom is 0.125 e. The Balaban J connectivity index is 2.33. The van der Waals surface area contributed by atoms with Gasteiger partial charge in [0.05, 0.1) is 16.8 Å². The monoisotopic (exact) mass is 195 g/mol. The van der Waals surface area contributed by atoms with Crippen LogP contribution in [-0.4, -0.2) is 9.59 Å². The molecule has 68 valence electrons. The summed E-state index contributed by atoms with van der Waals surface area (Å²) < 4.78 is 9.02. The summed E-state index contributed by atoms with van der Waals surface area (Å²) >= 11 is 1.31. The molecule has 2 N–H and O–H groups in total. The summed E-state index contributed by atoms with van der Waals surface area (Å²) in [4.78, 5) is 0.954. The van der Waals surface area contributed by atoms with Crippen LogP contribution in [0.5, 0.6) is 0 Å². The fourth-order valence-corrected chi connectivity index (χ4v) is 1.77. The Hall–Kier alpha value is -1.20. The maximum atomic E-state index is 5.94. The fourth-order valence-electron chi connectivity index (χ4n) is 1.12. The van der Waals surface area contributed by atoms with Crippen LogP contribution in [0.25, 0.3) is 0 Å². The Labute approximate surface area is 79.5 Å². The molecule has 0 amide bonds. The second kappa shape index (κ2) is 3.27. The number of hydrogen-bond acceptors (Lipinski definition) is 5. The van der Waals surface area contributed by atoms with Gasteiger partial charge in [-0.15, -0.1) is 5.10 Å². The summed E-state index contributed by atoms with van der Waals surface area (Å²) in [6, 6.07) is 3.43. The number of nitrogens with two attached hydrogens (primary N) is 1. The van der Waals surface area contributed by atoms with Gasteiger partial charge in [-0.25, -0.2) is 0 Å². The third-order valence-corrected chi connectivity index (χ3v) is 2.73. The van der Waals surface area contributed by atoms with Gasteiger partial charge >= 0.3 is 0 Å². The number of aryl methyl sites for hydroxylation is 1. The van der Waals surface area contributed by atoms with E-state index in [1.54, 1.807) is 6.26 Å². The van der Waals surface area contributed by atoms with E-state index >= 15 is 0 Å². The molecule has 13 heavy (non-hydrogen) atoms. The first-order chi connectivity index (χ1) is 6.29. The average Bonchev–Trinajstić information content (AvgIpc) is 2.72. The van der Waals surface area contributed by atoms with Crippen molar-refractivity contribution in [1.29, 1.82) is 0 Å². The van der Waals surface area contributed by atoms with Gasteiger partial charge in [-0.2, -0.15) is 0 Å². The lowest BCUT2D eigenvalue weighted by Gasteiger charge is -2.04. The lowest BCUT2D eigenvalue weighted by molar-refractivity contribution is 0.491. The van der Waals surface area contributed by atoms with Crippen molar-refractivity contribution < 1.29 is 4.42 Å².